The minimum atomic E-state index is 0.979. The average Bonchev–Trinajstić information content (AvgIpc) is 3.92. The normalized spacial score (nSPS) is 13.3. The van der Waals surface area contributed by atoms with Crippen molar-refractivity contribution in [3.05, 3.63) is 180 Å². The molecule has 2 aliphatic carbocycles. The van der Waals surface area contributed by atoms with Gasteiger partial charge in [-0.25, -0.2) is 0 Å². The van der Waals surface area contributed by atoms with Gasteiger partial charge in [0.05, 0.1) is 0 Å². The maximum absolute atomic E-state index is 2.46. The quantitative estimate of drug-likeness (QED) is 0.175. The smallest absolute Gasteiger partial charge is 0.0468 e. The molecule has 2 aromatic heterocycles. The summed E-state index contributed by atoms with van der Waals surface area (Å²) in [6, 6.07) is 57.2. The Kier molecular flexibility index (Phi) is 6.63. The zero-order valence-electron chi connectivity index (χ0n) is 29.5. The maximum atomic E-state index is 2.46. The molecule has 10 aromatic rings. The molecule has 0 aliphatic heterocycles. The summed E-state index contributed by atoms with van der Waals surface area (Å²) in [6.07, 6.45) is 7.83. The molecule has 54 heavy (non-hydrogen) atoms. The van der Waals surface area contributed by atoms with E-state index in [9.17, 15) is 0 Å². The van der Waals surface area contributed by atoms with Crippen molar-refractivity contribution < 1.29 is 0 Å². The van der Waals surface area contributed by atoms with Gasteiger partial charge >= 0.3 is 0 Å². The summed E-state index contributed by atoms with van der Waals surface area (Å²) in [6.45, 7) is 0. The van der Waals surface area contributed by atoms with Crippen molar-refractivity contribution in [2.45, 2.75) is 19.3 Å². The first-order valence-electron chi connectivity index (χ1n) is 18.8. The Bertz CT molecular complexity index is 3190. The molecule has 0 saturated carbocycles. The maximum Gasteiger partial charge on any atom is 0.0468 e. The molecule has 0 unspecified atom stereocenters. The highest BCUT2D eigenvalue weighted by Gasteiger charge is 2.25. The van der Waals surface area contributed by atoms with Crippen LogP contribution in [0.5, 0.6) is 0 Å². The van der Waals surface area contributed by atoms with Crippen molar-refractivity contribution in [2.24, 2.45) is 0 Å². The van der Waals surface area contributed by atoms with Crippen LogP contribution in [0.3, 0.4) is 0 Å². The van der Waals surface area contributed by atoms with Gasteiger partial charge < -0.3 is 4.90 Å². The molecule has 254 valence electrons. The molecule has 0 radical (unpaired) electrons. The number of allylic oxidation sites excluding steroid dienone is 1. The number of fused-ring (bicyclic) bond motifs is 13. The summed E-state index contributed by atoms with van der Waals surface area (Å²) in [5.41, 5.74) is 14.5. The van der Waals surface area contributed by atoms with Crippen molar-refractivity contribution in [1.82, 2.24) is 0 Å². The predicted octanol–water partition coefficient (Wildman–Crippen LogP) is 15.2. The number of rotatable bonds is 4. The van der Waals surface area contributed by atoms with Gasteiger partial charge in [0, 0.05) is 57.4 Å². The van der Waals surface area contributed by atoms with Crippen molar-refractivity contribution in [2.75, 3.05) is 4.90 Å². The first-order valence-corrected chi connectivity index (χ1v) is 20.5. The predicted molar refractivity (Wildman–Crippen MR) is 235 cm³/mol. The molecule has 1 nitrogen and oxygen atoms in total. The molecule has 0 fully saturated rings. The number of hydrogen-bond acceptors (Lipinski definition) is 3. The Hall–Kier alpha value is -6.00. The van der Waals surface area contributed by atoms with Crippen molar-refractivity contribution in [3.8, 4) is 22.3 Å². The number of hydrogen-bond donors (Lipinski definition) is 0. The van der Waals surface area contributed by atoms with Crippen molar-refractivity contribution in [3.63, 3.8) is 0 Å². The second kappa shape index (κ2) is 11.8. The number of aryl methyl sites for hydroxylation is 1. The lowest BCUT2D eigenvalue weighted by Gasteiger charge is -2.26. The summed E-state index contributed by atoms with van der Waals surface area (Å²) >= 11 is 3.78. The standard InChI is InChI=1S/C51H33NS2/c1-3-11-38-31(8-1)10-7-14-39(38)33-16-20-35(21-17-33)52(36-22-26-47-44(29-36)41-13-5-6-15-46(41)53-47)37-23-27-48-45(30-37)51-49(54-48)25-19-34-28-43-40-12-4-2-9-32(40)18-24-42(43)50(34)51/h2-7,9-27,29-30H,1,8,28H2. The fourth-order valence-electron chi connectivity index (χ4n) is 9.26. The number of nitrogens with zero attached hydrogens (tertiary/aromatic N) is 1. The molecule has 2 heterocycles. The third-order valence-electron chi connectivity index (χ3n) is 11.8. The number of benzene rings is 8. The first-order chi connectivity index (χ1) is 26.7. The molecule has 0 bridgehead atoms. The van der Waals surface area contributed by atoms with E-state index in [0.29, 0.717) is 0 Å². The monoisotopic (exact) mass is 723 g/mol. The topological polar surface area (TPSA) is 3.24 Å². The highest BCUT2D eigenvalue weighted by molar-refractivity contribution is 7.26. The molecule has 0 spiro atoms. The van der Waals surface area contributed by atoms with Crippen LogP contribution < -0.4 is 4.90 Å². The van der Waals surface area contributed by atoms with Crippen molar-refractivity contribution in [1.29, 1.82) is 0 Å². The third kappa shape index (κ3) is 4.56. The fraction of sp³-hybridized carbons (Fsp3) is 0.0588. The number of thiophene rings is 2. The van der Waals surface area contributed by atoms with Gasteiger partial charge in [-0.3, -0.25) is 0 Å². The van der Waals surface area contributed by atoms with Gasteiger partial charge in [-0.1, -0.05) is 103 Å². The Morgan fingerprint density at radius 1 is 0.481 bits per heavy atom. The van der Waals surface area contributed by atoms with E-state index in [1.54, 1.807) is 0 Å². The zero-order valence-corrected chi connectivity index (χ0v) is 31.1. The van der Waals surface area contributed by atoms with E-state index in [2.05, 4.69) is 169 Å². The lowest BCUT2D eigenvalue weighted by atomic mass is 9.90. The van der Waals surface area contributed by atoms with E-state index < -0.39 is 0 Å². The first kappa shape index (κ1) is 30.5. The van der Waals surface area contributed by atoms with E-state index >= 15 is 0 Å². The van der Waals surface area contributed by atoms with Crippen LogP contribution in [-0.4, -0.2) is 0 Å². The molecule has 2 aliphatic rings. The SMILES string of the molecule is C1=Cc2c(cccc2-c2ccc(N(c3ccc4sc5ccccc5c4c3)c3ccc4sc5ccc6c(c5c4c3)-c3ccc4ccccc4c3C6)cc2)CC1. The van der Waals surface area contributed by atoms with E-state index in [4.69, 9.17) is 0 Å². The molecule has 0 atom stereocenters. The second-order valence-electron chi connectivity index (χ2n) is 14.7. The van der Waals surface area contributed by atoms with Gasteiger partial charge in [-0.15, -0.1) is 22.7 Å². The zero-order chi connectivity index (χ0) is 35.3. The lowest BCUT2D eigenvalue weighted by Crippen LogP contribution is -2.09. The Labute approximate surface area is 321 Å². The van der Waals surface area contributed by atoms with Crippen LogP contribution in [-0.2, 0) is 12.8 Å². The van der Waals surface area contributed by atoms with Crippen molar-refractivity contribution >= 4 is 96.9 Å². The molecular formula is C51H33NS2. The lowest BCUT2D eigenvalue weighted by molar-refractivity contribution is 0.986. The third-order valence-corrected chi connectivity index (χ3v) is 14.0. The molecule has 8 aromatic carbocycles. The van der Waals surface area contributed by atoms with Crippen LogP contribution >= 0.6 is 22.7 Å². The highest BCUT2D eigenvalue weighted by atomic mass is 32.1. The van der Waals surface area contributed by atoms with Crippen LogP contribution in [0.1, 0.15) is 28.7 Å². The molecule has 0 amide bonds. The Morgan fingerprint density at radius 3 is 2.09 bits per heavy atom. The summed E-state index contributed by atoms with van der Waals surface area (Å²) in [5, 5.41) is 8.03. The Morgan fingerprint density at radius 2 is 1.20 bits per heavy atom. The van der Waals surface area contributed by atoms with Crippen LogP contribution in [0.2, 0.25) is 0 Å². The summed E-state index contributed by atoms with van der Waals surface area (Å²) in [7, 11) is 0. The summed E-state index contributed by atoms with van der Waals surface area (Å²) < 4.78 is 5.32. The van der Waals surface area contributed by atoms with Crippen LogP contribution in [0.4, 0.5) is 17.1 Å². The highest BCUT2D eigenvalue weighted by Crippen LogP contribution is 2.50. The molecule has 3 heteroatoms. The van der Waals surface area contributed by atoms with Gasteiger partial charge in [-0.2, -0.15) is 0 Å². The summed E-state index contributed by atoms with van der Waals surface area (Å²) in [5.74, 6) is 0. The van der Waals surface area contributed by atoms with E-state index in [-0.39, 0.29) is 0 Å². The molecular weight excluding hydrogens is 691 g/mol. The molecule has 0 saturated heterocycles. The van der Waals surface area contributed by atoms with Crippen LogP contribution in [0.25, 0.3) is 79.4 Å². The number of anilines is 3. The average molecular weight is 724 g/mol. The van der Waals surface area contributed by atoms with Gasteiger partial charge in [0.1, 0.15) is 0 Å². The van der Waals surface area contributed by atoms with E-state index in [1.807, 2.05) is 22.7 Å². The van der Waals surface area contributed by atoms with Gasteiger partial charge in [0.15, 0.2) is 0 Å². The van der Waals surface area contributed by atoms with E-state index in [1.165, 1.54) is 107 Å². The van der Waals surface area contributed by atoms with Crippen LogP contribution in [0.15, 0.2) is 158 Å². The molecule has 0 N–H and O–H groups in total. The summed E-state index contributed by atoms with van der Waals surface area (Å²) in [4.78, 5) is 2.46. The van der Waals surface area contributed by atoms with Gasteiger partial charge in [0.2, 0.25) is 0 Å². The second-order valence-corrected chi connectivity index (χ2v) is 16.9. The van der Waals surface area contributed by atoms with E-state index in [0.717, 1.165) is 24.9 Å². The van der Waals surface area contributed by atoms with Gasteiger partial charge in [0.25, 0.3) is 0 Å². The minimum absolute atomic E-state index is 0.979. The van der Waals surface area contributed by atoms with Gasteiger partial charge in [-0.05, 0) is 135 Å². The minimum Gasteiger partial charge on any atom is -0.310 e. The van der Waals surface area contributed by atoms with Crippen LogP contribution in [0, 0.1) is 0 Å². The largest absolute Gasteiger partial charge is 0.310 e. The fourth-order valence-corrected chi connectivity index (χ4v) is 11.4. The molecule has 12 rings (SSSR count). The Balaban J connectivity index is 1.06.